The second-order valence-electron chi connectivity index (χ2n) is 6.02. The van der Waals surface area contributed by atoms with Gasteiger partial charge in [0.1, 0.15) is 0 Å². The molecule has 0 aliphatic carbocycles. The number of carboxylic acid groups (broad SMARTS) is 1. The van der Waals surface area contributed by atoms with Gasteiger partial charge < -0.3 is 10.0 Å². The number of amides is 1. The van der Waals surface area contributed by atoms with Crippen molar-refractivity contribution in [1.29, 1.82) is 0 Å². The Hall–Kier alpha value is -1.49. The van der Waals surface area contributed by atoms with Gasteiger partial charge in [0.2, 0.25) is 5.91 Å². The first-order valence-electron chi connectivity index (χ1n) is 7.29. The Balaban J connectivity index is 1.78. The average Bonchev–Trinajstić information content (AvgIpc) is 2.89. The number of benzene rings is 1. The molecule has 4 nitrogen and oxygen atoms in total. The van der Waals surface area contributed by atoms with E-state index in [1.165, 1.54) is 4.90 Å². The molecule has 2 aliphatic rings. The van der Waals surface area contributed by atoms with Crippen LogP contribution in [0.5, 0.6) is 0 Å². The third kappa shape index (κ3) is 2.79. The second kappa shape index (κ2) is 5.72. The average molecular weight is 305 g/mol. The number of hydrogen-bond donors (Lipinski definition) is 1. The van der Waals surface area contributed by atoms with Gasteiger partial charge in [-0.25, -0.2) is 0 Å². The highest BCUT2D eigenvalue weighted by molar-refractivity contribution is 7.99. The molecule has 2 aliphatic heterocycles. The third-order valence-electron chi connectivity index (χ3n) is 4.32. The molecule has 0 saturated carbocycles. The Labute approximate surface area is 128 Å². The van der Waals surface area contributed by atoms with Gasteiger partial charge in [-0.1, -0.05) is 25.1 Å². The van der Waals surface area contributed by atoms with Crippen LogP contribution in [0.15, 0.2) is 29.2 Å². The van der Waals surface area contributed by atoms with E-state index in [4.69, 9.17) is 0 Å². The molecular formula is C16H19NO3S. The van der Waals surface area contributed by atoms with Crippen LogP contribution in [-0.4, -0.2) is 40.7 Å². The van der Waals surface area contributed by atoms with Crippen molar-refractivity contribution < 1.29 is 14.7 Å². The van der Waals surface area contributed by atoms with Gasteiger partial charge in [-0.3, -0.25) is 9.59 Å². The van der Waals surface area contributed by atoms with Gasteiger partial charge in [0.15, 0.2) is 0 Å². The fourth-order valence-electron chi connectivity index (χ4n) is 3.30. The number of hydrogen-bond acceptors (Lipinski definition) is 3. The van der Waals surface area contributed by atoms with E-state index in [-0.39, 0.29) is 17.7 Å². The molecular weight excluding hydrogens is 286 g/mol. The lowest BCUT2D eigenvalue weighted by molar-refractivity contribution is -0.147. The molecule has 0 bridgehead atoms. The predicted octanol–water partition coefficient (Wildman–Crippen LogP) is 2.45. The number of piperidine rings is 1. The van der Waals surface area contributed by atoms with Crippen LogP contribution >= 0.6 is 11.8 Å². The molecule has 21 heavy (non-hydrogen) atoms. The van der Waals surface area contributed by atoms with Crippen molar-refractivity contribution in [3.8, 4) is 0 Å². The van der Waals surface area contributed by atoms with E-state index < -0.39 is 11.9 Å². The highest BCUT2D eigenvalue weighted by Gasteiger charge is 2.37. The maximum Gasteiger partial charge on any atom is 0.308 e. The Morgan fingerprint density at radius 3 is 2.81 bits per heavy atom. The first-order chi connectivity index (χ1) is 10.1. The molecule has 2 heterocycles. The summed E-state index contributed by atoms with van der Waals surface area (Å²) < 4.78 is 0. The number of fused-ring (bicyclic) bond motifs is 1. The van der Waals surface area contributed by atoms with E-state index >= 15 is 0 Å². The van der Waals surface area contributed by atoms with Gasteiger partial charge in [-0.05, 0) is 24.0 Å². The standard InChI is InChI=1S/C16H19NO3S/c1-10-6-11(16(19)20)8-17(7-10)15(18)13-9-21-14-5-3-2-4-12(13)14/h2-5,10-11,13H,6-9H2,1H3,(H,19,20). The number of aliphatic carboxylic acids is 1. The lowest BCUT2D eigenvalue weighted by Crippen LogP contribution is -2.47. The molecule has 3 unspecified atom stereocenters. The summed E-state index contributed by atoms with van der Waals surface area (Å²) in [5, 5.41) is 9.24. The fourth-order valence-corrected chi connectivity index (χ4v) is 4.52. The minimum absolute atomic E-state index is 0.0882. The van der Waals surface area contributed by atoms with Gasteiger partial charge in [-0.2, -0.15) is 0 Å². The second-order valence-corrected chi connectivity index (χ2v) is 7.08. The molecule has 1 fully saturated rings. The molecule has 1 saturated heterocycles. The Morgan fingerprint density at radius 2 is 2.05 bits per heavy atom. The van der Waals surface area contributed by atoms with Gasteiger partial charge in [0.05, 0.1) is 11.8 Å². The van der Waals surface area contributed by atoms with Crippen molar-refractivity contribution >= 4 is 23.6 Å². The SMILES string of the molecule is CC1CC(C(=O)O)CN(C(=O)C2CSc3ccccc32)C1. The number of carbonyl (C=O) groups excluding carboxylic acids is 1. The zero-order valence-electron chi connectivity index (χ0n) is 12.0. The lowest BCUT2D eigenvalue weighted by Gasteiger charge is -2.36. The van der Waals surface area contributed by atoms with Gasteiger partial charge in [0, 0.05) is 23.7 Å². The Kier molecular flexibility index (Phi) is 3.93. The zero-order chi connectivity index (χ0) is 15.0. The largest absolute Gasteiger partial charge is 0.481 e. The molecule has 1 aromatic rings. The van der Waals surface area contributed by atoms with Crippen molar-refractivity contribution in [1.82, 2.24) is 4.90 Å². The summed E-state index contributed by atoms with van der Waals surface area (Å²) in [6.45, 7) is 3.04. The number of nitrogens with zero attached hydrogens (tertiary/aromatic N) is 1. The first-order valence-corrected chi connectivity index (χ1v) is 8.28. The molecule has 0 radical (unpaired) electrons. The van der Waals surface area contributed by atoms with Gasteiger partial charge in [0.25, 0.3) is 0 Å². The molecule has 112 valence electrons. The fraction of sp³-hybridized carbons (Fsp3) is 0.500. The van der Waals surface area contributed by atoms with Crippen molar-refractivity contribution in [2.24, 2.45) is 11.8 Å². The predicted molar refractivity (Wildman–Crippen MR) is 81.4 cm³/mol. The molecule has 0 aromatic heterocycles. The molecule has 1 N–H and O–H groups in total. The molecule has 3 atom stereocenters. The minimum atomic E-state index is -0.791. The van der Waals surface area contributed by atoms with Crippen LogP contribution < -0.4 is 0 Å². The van der Waals surface area contributed by atoms with Crippen molar-refractivity contribution in [2.75, 3.05) is 18.8 Å². The van der Waals surface area contributed by atoms with Crippen molar-refractivity contribution in [2.45, 2.75) is 24.2 Å². The van der Waals surface area contributed by atoms with E-state index in [0.717, 1.165) is 11.3 Å². The minimum Gasteiger partial charge on any atom is -0.481 e. The first kappa shape index (κ1) is 14.4. The number of carboxylic acids is 1. The monoisotopic (exact) mass is 305 g/mol. The van der Waals surface area contributed by atoms with E-state index in [9.17, 15) is 14.7 Å². The van der Waals surface area contributed by atoms with Crippen LogP contribution in [0.3, 0.4) is 0 Å². The van der Waals surface area contributed by atoms with Crippen molar-refractivity contribution in [3.05, 3.63) is 29.8 Å². The summed E-state index contributed by atoms with van der Waals surface area (Å²) in [6, 6.07) is 8.01. The van der Waals surface area contributed by atoms with E-state index in [1.807, 2.05) is 31.2 Å². The number of likely N-dealkylation sites (tertiary alicyclic amines) is 1. The van der Waals surface area contributed by atoms with E-state index in [1.54, 1.807) is 16.7 Å². The Morgan fingerprint density at radius 1 is 1.29 bits per heavy atom. The van der Waals surface area contributed by atoms with Gasteiger partial charge in [-0.15, -0.1) is 11.8 Å². The maximum atomic E-state index is 12.8. The van der Waals surface area contributed by atoms with Crippen LogP contribution in [0.1, 0.15) is 24.8 Å². The third-order valence-corrected chi connectivity index (χ3v) is 5.50. The van der Waals surface area contributed by atoms with Crippen molar-refractivity contribution in [3.63, 3.8) is 0 Å². The van der Waals surface area contributed by atoms with Crippen LogP contribution in [0.2, 0.25) is 0 Å². The molecule has 1 amide bonds. The van der Waals surface area contributed by atoms with Gasteiger partial charge >= 0.3 is 5.97 Å². The summed E-state index contributed by atoms with van der Waals surface area (Å²) in [6.07, 6.45) is 0.662. The molecule has 1 aromatic carbocycles. The Bertz CT molecular complexity index is 574. The van der Waals surface area contributed by atoms with Crippen LogP contribution in [0, 0.1) is 11.8 Å². The zero-order valence-corrected chi connectivity index (χ0v) is 12.8. The number of rotatable bonds is 2. The van der Waals surface area contributed by atoms with Crippen LogP contribution in [0.25, 0.3) is 0 Å². The summed E-state index contributed by atoms with van der Waals surface area (Å²) in [7, 11) is 0. The van der Waals surface area contributed by atoms with Crippen LogP contribution in [-0.2, 0) is 9.59 Å². The summed E-state index contributed by atoms with van der Waals surface area (Å²) in [5.74, 6) is -0.243. The van der Waals surface area contributed by atoms with Crippen LogP contribution in [0.4, 0.5) is 0 Å². The van der Waals surface area contributed by atoms with E-state index in [2.05, 4.69) is 0 Å². The highest BCUT2D eigenvalue weighted by Crippen LogP contribution is 2.40. The number of thioether (sulfide) groups is 1. The topological polar surface area (TPSA) is 57.6 Å². The number of carbonyl (C=O) groups is 2. The smallest absolute Gasteiger partial charge is 0.308 e. The molecule has 3 rings (SSSR count). The molecule has 0 spiro atoms. The summed E-state index contributed by atoms with van der Waals surface area (Å²) in [5.41, 5.74) is 1.10. The lowest BCUT2D eigenvalue weighted by atomic mass is 9.89. The maximum absolute atomic E-state index is 12.8. The quantitative estimate of drug-likeness (QED) is 0.912. The molecule has 5 heteroatoms. The normalized spacial score (nSPS) is 28.2. The summed E-state index contributed by atoms with van der Waals surface area (Å²) in [4.78, 5) is 27.0. The summed E-state index contributed by atoms with van der Waals surface area (Å²) >= 11 is 1.71. The highest BCUT2D eigenvalue weighted by atomic mass is 32.2. The van der Waals surface area contributed by atoms with E-state index in [0.29, 0.717) is 19.5 Å².